The number of aromatic nitrogens is 1. The summed E-state index contributed by atoms with van der Waals surface area (Å²) in [6.07, 6.45) is 2.10. The molecule has 0 saturated heterocycles. The number of thioether (sulfide) groups is 1. The van der Waals surface area contributed by atoms with Gasteiger partial charge >= 0.3 is 0 Å². The zero-order valence-corrected chi connectivity index (χ0v) is 13.0. The van der Waals surface area contributed by atoms with Crippen LogP contribution in [0.5, 0.6) is 0 Å². The van der Waals surface area contributed by atoms with E-state index in [1.54, 1.807) is 11.8 Å². The van der Waals surface area contributed by atoms with Crippen LogP contribution < -0.4 is 5.32 Å². The Balaban J connectivity index is 2.05. The molecule has 0 aliphatic carbocycles. The Morgan fingerprint density at radius 3 is 2.37 bits per heavy atom. The van der Waals surface area contributed by atoms with Gasteiger partial charge in [-0.05, 0) is 62.9 Å². The highest BCUT2D eigenvalue weighted by Gasteiger charge is 2.07. The molecule has 0 bridgehead atoms. The van der Waals surface area contributed by atoms with Crippen molar-refractivity contribution in [2.45, 2.75) is 38.8 Å². The van der Waals surface area contributed by atoms with Gasteiger partial charge in [-0.2, -0.15) is 0 Å². The van der Waals surface area contributed by atoms with Gasteiger partial charge in [0.25, 0.3) is 0 Å². The van der Waals surface area contributed by atoms with Gasteiger partial charge in [0.1, 0.15) is 0 Å². The first kappa shape index (κ1) is 14.1. The number of aryl methyl sites for hydroxylation is 1. The molecule has 2 aromatic rings. The summed E-state index contributed by atoms with van der Waals surface area (Å²) in [6.45, 7) is 8.49. The Labute approximate surface area is 120 Å². The third kappa shape index (κ3) is 3.16. The fourth-order valence-electron chi connectivity index (χ4n) is 2.44. The van der Waals surface area contributed by atoms with Crippen LogP contribution in [0.25, 0.3) is 0 Å². The number of anilines is 1. The highest BCUT2D eigenvalue weighted by atomic mass is 32.2. The standard InChI is InChI=1S/C16H22N2S/c1-5-18-12(2)10-14(13(18)3)11-17-15-6-8-16(19-4)9-7-15/h6-10,17H,5,11H2,1-4H3. The molecule has 0 aliphatic rings. The zero-order valence-electron chi connectivity index (χ0n) is 12.2. The summed E-state index contributed by atoms with van der Waals surface area (Å²) in [6, 6.07) is 10.9. The minimum absolute atomic E-state index is 0.887. The molecule has 0 radical (unpaired) electrons. The molecule has 0 aliphatic heterocycles. The molecule has 0 saturated carbocycles. The van der Waals surface area contributed by atoms with Crippen molar-refractivity contribution in [1.29, 1.82) is 0 Å². The van der Waals surface area contributed by atoms with Crippen molar-refractivity contribution in [3.63, 3.8) is 0 Å². The predicted octanol–water partition coefficient (Wildman–Crippen LogP) is 4.46. The van der Waals surface area contributed by atoms with Crippen molar-refractivity contribution in [3.8, 4) is 0 Å². The lowest BCUT2D eigenvalue weighted by Gasteiger charge is -2.08. The van der Waals surface area contributed by atoms with E-state index in [9.17, 15) is 0 Å². The first-order valence-electron chi connectivity index (χ1n) is 6.69. The van der Waals surface area contributed by atoms with Crippen LogP contribution in [0.1, 0.15) is 23.9 Å². The first-order valence-corrected chi connectivity index (χ1v) is 7.91. The van der Waals surface area contributed by atoms with E-state index < -0.39 is 0 Å². The highest BCUT2D eigenvalue weighted by molar-refractivity contribution is 7.98. The predicted molar refractivity (Wildman–Crippen MR) is 85.1 cm³/mol. The molecule has 0 unspecified atom stereocenters. The molecule has 1 heterocycles. The third-order valence-electron chi connectivity index (χ3n) is 3.57. The summed E-state index contributed by atoms with van der Waals surface area (Å²) in [5.41, 5.74) is 5.27. The zero-order chi connectivity index (χ0) is 13.8. The van der Waals surface area contributed by atoms with Gasteiger partial charge in [0, 0.05) is 35.1 Å². The average Bonchev–Trinajstić information content (AvgIpc) is 2.71. The lowest BCUT2D eigenvalue weighted by atomic mass is 10.2. The van der Waals surface area contributed by atoms with Gasteiger partial charge in [-0.1, -0.05) is 0 Å². The third-order valence-corrected chi connectivity index (χ3v) is 4.31. The molecule has 19 heavy (non-hydrogen) atoms. The van der Waals surface area contributed by atoms with E-state index in [4.69, 9.17) is 0 Å². The van der Waals surface area contributed by atoms with E-state index >= 15 is 0 Å². The lowest BCUT2D eigenvalue weighted by Crippen LogP contribution is -2.03. The maximum atomic E-state index is 3.50. The smallest absolute Gasteiger partial charge is 0.0418 e. The molecule has 1 aromatic carbocycles. The molecule has 102 valence electrons. The van der Waals surface area contributed by atoms with Gasteiger partial charge < -0.3 is 9.88 Å². The largest absolute Gasteiger partial charge is 0.381 e. The average molecular weight is 274 g/mol. The van der Waals surface area contributed by atoms with E-state index in [-0.39, 0.29) is 0 Å². The number of rotatable bonds is 5. The van der Waals surface area contributed by atoms with E-state index in [2.05, 4.69) is 67.2 Å². The Morgan fingerprint density at radius 1 is 1.16 bits per heavy atom. The quantitative estimate of drug-likeness (QED) is 0.811. The fraction of sp³-hybridized carbons (Fsp3) is 0.375. The second-order valence-corrected chi connectivity index (χ2v) is 5.60. The number of nitrogens with one attached hydrogen (secondary N) is 1. The second kappa shape index (κ2) is 6.20. The van der Waals surface area contributed by atoms with Gasteiger partial charge in [-0.25, -0.2) is 0 Å². The molecule has 0 fully saturated rings. The van der Waals surface area contributed by atoms with E-state index in [0.29, 0.717) is 0 Å². The minimum Gasteiger partial charge on any atom is -0.381 e. The summed E-state index contributed by atoms with van der Waals surface area (Å²) in [5.74, 6) is 0. The molecule has 2 rings (SSSR count). The van der Waals surface area contributed by atoms with Crippen molar-refractivity contribution in [3.05, 3.63) is 47.3 Å². The summed E-state index contributed by atoms with van der Waals surface area (Å²) in [7, 11) is 0. The van der Waals surface area contributed by atoms with Crippen LogP contribution in [-0.2, 0) is 13.1 Å². The van der Waals surface area contributed by atoms with Crippen LogP contribution in [0, 0.1) is 13.8 Å². The summed E-state index contributed by atoms with van der Waals surface area (Å²) < 4.78 is 2.35. The Hall–Kier alpha value is -1.35. The summed E-state index contributed by atoms with van der Waals surface area (Å²) in [4.78, 5) is 1.30. The van der Waals surface area contributed by atoms with Crippen LogP contribution in [0.3, 0.4) is 0 Å². The minimum atomic E-state index is 0.887. The maximum Gasteiger partial charge on any atom is 0.0418 e. The lowest BCUT2D eigenvalue weighted by molar-refractivity contribution is 0.715. The van der Waals surface area contributed by atoms with Crippen LogP contribution in [0.15, 0.2) is 35.2 Å². The first-order chi connectivity index (χ1) is 9.15. The molecule has 3 heteroatoms. The molecule has 0 amide bonds. The van der Waals surface area contributed by atoms with Crippen molar-refractivity contribution < 1.29 is 0 Å². The van der Waals surface area contributed by atoms with E-state index in [1.165, 1.54) is 27.5 Å². The normalized spacial score (nSPS) is 10.7. The van der Waals surface area contributed by atoms with Crippen molar-refractivity contribution in [1.82, 2.24) is 4.57 Å². The van der Waals surface area contributed by atoms with Gasteiger partial charge in [-0.3, -0.25) is 0 Å². The maximum absolute atomic E-state index is 3.50. The molecule has 2 nitrogen and oxygen atoms in total. The fourth-order valence-corrected chi connectivity index (χ4v) is 2.85. The number of benzene rings is 1. The monoisotopic (exact) mass is 274 g/mol. The van der Waals surface area contributed by atoms with Gasteiger partial charge in [-0.15, -0.1) is 11.8 Å². The van der Waals surface area contributed by atoms with Gasteiger partial charge in [0.15, 0.2) is 0 Å². The SMILES string of the molecule is CCn1c(C)cc(CNc2ccc(SC)cc2)c1C. The van der Waals surface area contributed by atoms with Crippen molar-refractivity contribution in [2.24, 2.45) is 0 Å². The summed E-state index contributed by atoms with van der Waals surface area (Å²) in [5, 5.41) is 3.50. The van der Waals surface area contributed by atoms with Crippen molar-refractivity contribution in [2.75, 3.05) is 11.6 Å². The van der Waals surface area contributed by atoms with Gasteiger partial charge in [0.05, 0.1) is 0 Å². The number of nitrogens with zero attached hydrogens (tertiary/aromatic N) is 1. The Morgan fingerprint density at radius 2 is 1.84 bits per heavy atom. The van der Waals surface area contributed by atoms with Crippen molar-refractivity contribution >= 4 is 17.4 Å². The van der Waals surface area contributed by atoms with Crippen LogP contribution in [0.4, 0.5) is 5.69 Å². The number of hydrogen-bond acceptors (Lipinski definition) is 2. The van der Waals surface area contributed by atoms with E-state index in [0.717, 1.165) is 13.1 Å². The molecule has 1 N–H and O–H groups in total. The second-order valence-electron chi connectivity index (χ2n) is 4.72. The molecule has 0 spiro atoms. The van der Waals surface area contributed by atoms with Crippen LogP contribution >= 0.6 is 11.8 Å². The molecular weight excluding hydrogens is 252 g/mol. The van der Waals surface area contributed by atoms with E-state index in [1.807, 2.05) is 0 Å². The topological polar surface area (TPSA) is 17.0 Å². The summed E-state index contributed by atoms with van der Waals surface area (Å²) >= 11 is 1.77. The van der Waals surface area contributed by atoms with Gasteiger partial charge in [0.2, 0.25) is 0 Å². The molecule has 0 atom stereocenters. The number of hydrogen-bond donors (Lipinski definition) is 1. The van der Waals surface area contributed by atoms with Crippen LogP contribution in [0.2, 0.25) is 0 Å². The Bertz CT molecular complexity index is 541. The van der Waals surface area contributed by atoms with Crippen LogP contribution in [-0.4, -0.2) is 10.8 Å². The molecule has 1 aromatic heterocycles. The highest BCUT2D eigenvalue weighted by Crippen LogP contribution is 2.20. The Kier molecular flexibility index (Phi) is 4.59. The molecular formula is C16H22N2S.